The van der Waals surface area contributed by atoms with Gasteiger partial charge in [0.25, 0.3) is 0 Å². The molecule has 0 saturated carbocycles. The lowest BCUT2D eigenvalue weighted by Gasteiger charge is -2.17. The van der Waals surface area contributed by atoms with Gasteiger partial charge in [0.05, 0.1) is 8.07 Å². The zero-order valence-corrected chi connectivity index (χ0v) is 15.0. The van der Waals surface area contributed by atoms with E-state index in [-0.39, 0.29) is 0 Å². The molecule has 0 aromatic heterocycles. The van der Waals surface area contributed by atoms with E-state index in [0.29, 0.717) is 0 Å². The summed E-state index contributed by atoms with van der Waals surface area (Å²) in [5.74, 6) is 0. The molecule has 0 spiro atoms. The van der Waals surface area contributed by atoms with Gasteiger partial charge in [0.2, 0.25) is 0 Å². The highest BCUT2D eigenvalue weighted by Crippen LogP contribution is 2.34. The summed E-state index contributed by atoms with van der Waals surface area (Å²) in [5, 5.41) is 1.47. The molecule has 116 valence electrons. The molecule has 0 saturated heterocycles. The molecule has 0 radical (unpaired) electrons. The number of rotatable bonds is 3. The van der Waals surface area contributed by atoms with Crippen molar-refractivity contribution in [3.05, 3.63) is 72.8 Å². The molecule has 0 aliphatic carbocycles. The van der Waals surface area contributed by atoms with Crippen LogP contribution in [-0.4, -0.2) is 8.07 Å². The molecule has 0 aliphatic heterocycles. The average Bonchev–Trinajstić information content (AvgIpc) is 2.55. The Hall–Kier alpha value is -2.32. The molecular weight excluding hydrogens is 294 g/mol. The number of para-hydroxylation sites is 1. The van der Waals surface area contributed by atoms with Gasteiger partial charge in [-0.25, -0.2) is 0 Å². The molecule has 0 atom stereocenters. The van der Waals surface area contributed by atoms with Crippen molar-refractivity contribution in [2.24, 2.45) is 0 Å². The monoisotopic (exact) mass is 317 g/mol. The number of nitrogen functional groups attached to an aromatic ring is 1. The molecule has 2 heteroatoms. The van der Waals surface area contributed by atoms with E-state index in [1.165, 1.54) is 10.8 Å². The molecule has 0 fully saturated rings. The normalized spacial score (nSPS) is 11.4. The van der Waals surface area contributed by atoms with Crippen LogP contribution in [0.25, 0.3) is 22.3 Å². The third-order valence-electron chi connectivity index (χ3n) is 4.25. The van der Waals surface area contributed by atoms with Gasteiger partial charge in [0.15, 0.2) is 0 Å². The van der Waals surface area contributed by atoms with E-state index < -0.39 is 8.07 Å². The van der Waals surface area contributed by atoms with Crippen LogP contribution in [0.1, 0.15) is 0 Å². The Morgan fingerprint density at radius 2 is 1.13 bits per heavy atom. The van der Waals surface area contributed by atoms with Crippen molar-refractivity contribution in [3.8, 4) is 22.3 Å². The largest absolute Gasteiger partial charge is 0.398 e. The number of benzene rings is 3. The van der Waals surface area contributed by atoms with E-state index in [0.717, 1.165) is 22.4 Å². The lowest BCUT2D eigenvalue weighted by molar-refractivity contribution is 1.58. The summed E-state index contributed by atoms with van der Waals surface area (Å²) in [7, 11) is -1.27. The maximum atomic E-state index is 6.48. The maximum Gasteiger partial charge on any atom is 0.0775 e. The molecule has 0 unspecified atom stereocenters. The smallest absolute Gasteiger partial charge is 0.0775 e. The highest BCUT2D eigenvalue weighted by Gasteiger charge is 2.16. The third kappa shape index (κ3) is 3.22. The van der Waals surface area contributed by atoms with Crippen molar-refractivity contribution in [2.45, 2.75) is 19.6 Å². The second-order valence-electron chi connectivity index (χ2n) is 6.96. The van der Waals surface area contributed by atoms with Crippen molar-refractivity contribution in [3.63, 3.8) is 0 Å². The highest BCUT2D eigenvalue weighted by molar-refractivity contribution is 6.88. The number of hydrogen-bond acceptors (Lipinski definition) is 1. The second kappa shape index (κ2) is 6.05. The van der Waals surface area contributed by atoms with Gasteiger partial charge < -0.3 is 5.73 Å². The Labute approximate surface area is 139 Å². The van der Waals surface area contributed by atoms with Gasteiger partial charge in [-0.05, 0) is 11.1 Å². The predicted molar refractivity (Wildman–Crippen MR) is 105 cm³/mol. The van der Waals surface area contributed by atoms with Crippen LogP contribution < -0.4 is 10.9 Å². The molecular formula is C21H23NSi. The fourth-order valence-corrected chi connectivity index (χ4v) is 4.00. The molecule has 3 rings (SSSR count). The Balaban J connectivity index is 2.04. The molecule has 1 nitrogen and oxygen atoms in total. The van der Waals surface area contributed by atoms with E-state index in [2.05, 4.69) is 74.2 Å². The van der Waals surface area contributed by atoms with Gasteiger partial charge in [-0.15, -0.1) is 0 Å². The van der Waals surface area contributed by atoms with Crippen LogP contribution in [0.15, 0.2) is 72.8 Å². The first-order valence-electron chi connectivity index (χ1n) is 8.01. The summed E-state index contributed by atoms with van der Waals surface area (Å²) in [5.41, 5.74) is 11.9. The minimum atomic E-state index is -1.27. The van der Waals surface area contributed by atoms with Crippen molar-refractivity contribution >= 4 is 18.9 Å². The molecule has 0 aliphatic rings. The summed E-state index contributed by atoms with van der Waals surface area (Å²) in [6.07, 6.45) is 0. The van der Waals surface area contributed by atoms with Crippen LogP contribution in [0.4, 0.5) is 5.69 Å². The zero-order chi connectivity index (χ0) is 16.4. The van der Waals surface area contributed by atoms with Crippen molar-refractivity contribution < 1.29 is 0 Å². The second-order valence-corrected chi connectivity index (χ2v) is 12.0. The van der Waals surface area contributed by atoms with Crippen LogP contribution >= 0.6 is 0 Å². The number of nitrogens with two attached hydrogens (primary N) is 1. The molecule has 3 aromatic rings. The van der Waals surface area contributed by atoms with Crippen LogP contribution in [-0.2, 0) is 0 Å². The Bertz CT molecular complexity index is 799. The van der Waals surface area contributed by atoms with Crippen LogP contribution in [0.2, 0.25) is 19.6 Å². The first-order valence-corrected chi connectivity index (χ1v) is 11.5. The maximum absolute atomic E-state index is 6.48. The molecule has 2 N–H and O–H groups in total. The fourth-order valence-electron chi connectivity index (χ4n) is 2.84. The molecule has 0 heterocycles. The summed E-state index contributed by atoms with van der Waals surface area (Å²) < 4.78 is 0. The van der Waals surface area contributed by atoms with Gasteiger partial charge in [-0.3, -0.25) is 0 Å². The topological polar surface area (TPSA) is 26.0 Å². The zero-order valence-electron chi connectivity index (χ0n) is 14.0. The first kappa shape index (κ1) is 15.6. The number of anilines is 1. The minimum absolute atomic E-state index is 0.847. The lowest BCUT2D eigenvalue weighted by Crippen LogP contribution is -2.37. The van der Waals surface area contributed by atoms with Crippen molar-refractivity contribution in [2.75, 3.05) is 5.73 Å². The summed E-state index contributed by atoms with van der Waals surface area (Å²) in [4.78, 5) is 0. The van der Waals surface area contributed by atoms with Gasteiger partial charge in [0, 0.05) is 16.8 Å². The van der Waals surface area contributed by atoms with Gasteiger partial charge in [-0.1, -0.05) is 97.6 Å². The average molecular weight is 318 g/mol. The number of hydrogen-bond donors (Lipinski definition) is 1. The van der Waals surface area contributed by atoms with E-state index in [1.807, 2.05) is 18.2 Å². The van der Waals surface area contributed by atoms with Crippen molar-refractivity contribution in [1.82, 2.24) is 0 Å². The standard InChI is InChI=1S/C21H23NSi/c1-23(2,3)18-14-12-17(13-15-18)20-11-7-10-19(21(20)22)16-8-5-4-6-9-16/h4-15H,22H2,1-3H3. The summed E-state index contributed by atoms with van der Waals surface area (Å²) in [6.45, 7) is 7.10. The molecule has 23 heavy (non-hydrogen) atoms. The predicted octanol–water partition coefficient (Wildman–Crippen LogP) is 5.15. The van der Waals surface area contributed by atoms with Crippen LogP contribution in [0.5, 0.6) is 0 Å². The SMILES string of the molecule is C[Si](C)(C)c1ccc(-c2cccc(-c3ccccc3)c2N)cc1. The molecule has 0 bridgehead atoms. The van der Waals surface area contributed by atoms with Crippen molar-refractivity contribution in [1.29, 1.82) is 0 Å². The van der Waals surface area contributed by atoms with E-state index in [1.54, 1.807) is 0 Å². The van der Waals surface area contributed by atoms with Gasteiger partial charge in [-0.2, -0.15) is 0 Å². The van der Waals surface area contributed by atoms with Gasteiger partial charge >= 0.3 is 0 Å². The van der Waals surface area contributed by atoms with Gasteiger partial charge in [0.1, 0.15) is 0 Å². The fraction of sp³-hybridized carbons (Fsp3) is 0.143. The van der Waals surface area contributed by atoms with Crippen LogP contribution in [0, 0.1) is 0 Å². The first-order chi connectivity index (χ1) is 11.0. The van der Waals surface area contributed by atoms with E-state index >= 15 is 0 Å². The summed E-state index contributed by atoms with van der Waals surface area (Å²) in [6, 6.07) is 25.5. The quantitative estimate of drug-likeness (QED) is 0.525. The third-order valence-corrected chi connectivity index (χ3v) is 6.32. The Morgan fingerprint density at radius 1 is 0.609 bits per heavy atom. The van der Waals surface area contributed by atoms with E-state index in [4.69, 9.17) is 5.73 Å². The minimum Gasteiger partial charge on any atom is -0.398 e. The Kier molecular flexibility index (Phi) is 4.10. The summed E-state index contributed by atoms with van der Waals surface area (Å²) >= 11 is 0. The lowest BCUT2D eigenvalue weighted by atomic mass is 9.96. The van der Waals surface area contributed by atoms with Crippen LogP contribution in [0.3, 0.4) is 0 Å². The molecule has 3 aromatic carbocycles. The van der Waals surface area contributed by atoms with E-state index in [9.17, 15) is 0 Å². The molecule has 0 amide bonds. The highest BCUT2D eigenvalue weighted by atomic mass is 28.3. The Morgan fingerprint density at radius 3 is 1.65 bits per heavy atom.